The Labute approximate surface area is 393 Å². The van der Waals surface area contributed by atoms with Gasteiger partial charge in [0.2, 0.25) is 11.4 Å². The highest BCUT2D eigenvalue weighted by Gasteiger charge is 2.81. The third-order valence-electron chi connectivity index (χ3n) is 11.7. The zero-order valence-corrected chi connectivity index (χ0v) is 42.0. The summed E-state index contributed by atoms with van der Waals surface area (Å²) in [6.45, 7) is 29.0. The molecule has 0 saturated carbocycles. The second-order valence-electron chi connectivity index (χ2n) is 21.4. The molecular formula is C52H78O14. The molecule has 1 aromatic rings. The monoisotopic (exact) mass is 927 g/mol. The van der Waals surface area contributed by atoms with Gasteiger partial charge in [0, 0.05) is 31.9 Å². The number of rotatable bonds is 19. The first-order valence-electron chi connectivity index (χ1n) is 23.7. The fourth-order valence-electron chi connectivity index (χ4n) is 8.74. The highest BCUT2D eigenvalue weighted by atomic mass is 16.8. The van der Waals surface area contributed by atoms with Crippen molar-refractivity contribution in [3.8, 4) is 0 Å². The van der Waals surface area contributed by atoms with Gasteiger partial charge in [-0.3, -0.25) is 9.59 Å². The maximum absolute atomic E-state index is 15.4. The van der Waals surface area contributed by atoms with Crippen LogP contribution in [0.3, 0.4) is 0 Å². The topological polar surface area (TPSA) is 168 Å². The number of hydrogen-bond donors (Lipinski definition) is 0. The summed E-state index contributed by atoms with van der Waals surface area (Å²) in [5.74, 6) is -8.60. The van der Waals surface area contributed by atoms with E-state index in [1.54, 1.807) is 68.4 Å². The number of carbonyl (C=O) groups excluding carboxylic acids is 5. The highest BCUT2D eigenvalue weighted by Crippen LogP contribution is 2.57. The lowest BCUT2D eigenvalue weighted by molar-refractivity contribution is -0.357. The molecule has 4 rings (SSSR count). The number of ether oxygens (including phenoxy) is 9. The Morgan fingerprint density at radius 1 is 0.864 bits per heavy atom. The van der Waals surface area contributed by atoms with E-state index in [2.05, 4.69) is 20.4 Å². The van der Waals surface area contributed by atoms with Gasteiger partial charge in [0.05, 0.1) is 0 Å². The smallest absolute Gasteiger partial charge is 0.344 e. The summed E-state index contributed by atoms with van der Waals surface area (Å²) in [6.07, 6.45) is 0.0846. The lowest BCUT2D eigenvalue weighted by Crippen LogP contribution is -2.68. The van der Waals surface area contributed by atoms with Crippen molar-refractivity contribution in [1.82, 2.24) is 0 Å². The van der Waals surface area contributed by atoms with Gasteiger partial charge in [-0.05, 0) is 124 Å². The van der Waals surface area contributed by atoms with Gasteiger partial charge in [0.15, 0.2) is 24.6 Å². The highest BCUT2D eigenvalue weighted by molar-refractivity contribution is 5.95. The Bertz CT molecular complexity index is 1860. The predicted molar refractivity (Wildman–Crippen MR) is 246 cm³/mol. The lowest BCUT2D eigenvalue weighted by Gasteiger charge is -2.47. The molecule has 1 aromatic carbocycles. The number of carbonyl (C=O) groups is 5. The summed E-state index contributed by atoms with van der Waals surface area (Å²) >= 11 is 0. The van der Waals surface area contributed by atoms with Crippen molar-refractivity contribution in [2.75, 3.05) is 6.61 Å². The van der Waals surface area contributed by atoms with Crippen LogP contribution in [0.5, 0.6) is 0 Å². The zero-order chi connectivity index (χ0) is 49.4. The third-order valence-corrected chi connectivity index (χ3v) is 11.7. The van der Waals surface area contributed by atoms with Crippen molar-refractivity contribution < 1.29 is 66.6 Å². The fourth-order valence-corrected chi connectivity index (χ4v) is 8.74. The van der Waals surface area contributed by atoms with Crippen molar-refractivity contribution in [3.63, 3.8) is 0 Å². The van der Waals surface area contributed by atoms with Crippen molar-refractivity contribution >= 4 is 29.8 Å². The van der Waals surface area contributed by atoms with Crippen LogP contribution in [0.25, 0.3) is 0 Å². The molecule has 0 aliphatic carbocycles. The number of fused-ring (bicyclic) bond motifs is 2. The van der Waals surface area contributed by atoms with E-state index in [1.807, 2.05) is 44.2 Å². The van der Waals surface area contributed by atoms with Crippen LogP contribution in [0.15, 0.2) is 54.6 Å². The molecule has 0 amide bonds. The van der Waals surface area contributed by atoms with Gasteiger partial charge in [-0.1, -0.05) is 77.1 Å². The van der Waals surface area contributed by atoms with Crippen LogP contribution in [0, 0.1) is 23.7 Å². The fraction of sp³-hybridized carbons (Fsp3) is 0.712. The molecule has 3 aliphatic rings. The van der Waals surface area contributed by atoms with Crippen LogP contribution in [-0.2, 0) is 73.0 Å². The predicted octanol–water partition coefficient (Wildman–Crippen LogP) is 9.09. The third kappa shape index (κ3) is 14.7. The molecule has 11 atom stereocenters. The van der Waals surface area contributed by atoms with Crippen LogP contribution in [-0.4, -0.2) is 95.4 Å². The number of hydrogen-bond acceptors (Lipinski definition) is 14. The number of esters is 5. The molecule has 370 valence electrons. The first-order valence-corrected chi connectivity index (χ1v) is 23.7. The summed E-state index contributed by atoms with van der Waals surface area (Å²) < 4.78 is 57.2. The molecule has 0 N–H and O–H groups in total. The molecule has 1 unspecified atom stereocenters. The Morgan fingerprint density at radius 3 is 2.05 bits per heavy atom. The lowest BCUT2D eigenvalue weighted by atomic mass is 9.78. The summed E-state index contributed by atoms with van der Waals surface area (Å²) in [6, 6.07) is 9.75. The number of benzene rings is 1. The van der Waals surface area contributed by atoms with E-state index in [1.165, 1.54) is 13.0 Å². The Kier molecular flexibility index (Phi) is 18.4. The van der Waals surface area contributed by atoms with E-state index >= 15 is 4.79 Å². The average molecular weight is 927 g/mol. The number of allylic oxidation sites excluding steroid dienone is 1. The van der Waals surface area contributed by atoms with E-state index in [0.717, 1.165) is 31.2 Å². The molecular weight excluding hydrogens is 849 g/mol. The van der Waals surface area contributed by atoms with Gasteiger partial charge in [0.25, 0.3) is 0 Å². The van der Waals surface area contributed by atoms with E-state index in [-0.39, 0.29) is 24.7 Å². The molecule has 14 nitrogen and oxygen atoms in total. The van der Waals surface area contributed by atoms with Gasteiger partial charge in [-0.2, -0.15) is 0 Å². The minimum atomic E-state index is -2.64. The molecule has 2 bridgehead atoms. The zero-order valence-electron chi connectivity index (χ0n) is 42.0. The van der Waals surface area contributed by atoms with E-state index < -0.39 is 94.7 Å². The molecule has 0 aromatic heterocycles. The summed E-state index contributed by atoms with van der Waals surface area (Å²) in [7, 11) is 0. The maximum atomic E-state index is 15.4. The standard InChI is InChI=1S/C52H78O14/c1-16-32(2)30-33(3)25-26-38(54)60-44-43(61-39-24-20-21-29-58-39)51(28-27-34(4)41(59-36(6)53)35(5)31-37-22-18-17-19-23-37)62-42(46(56)64-49(10,11)12)40(45(55)63-48(7,8)9)52(44,66-51)47(57)65-50(13,14)15/h17-19,22-23,25-26,32-33,35,39-44H,4,16,20-21,24,27-31H2,1-3,5-15H3/b26-25+/t32-,33+,35+,39?,40+,41+,42-,43+,44+,51-,52-/m0/s1. The van der Waals surface area contributed by atoms with E-state index in [9.17, 15) is 19.2 Å². The quantitative estimate of drug-likeness (QED) is 0.0557. The molecule has 3 fully saturated rings. The van der Waals surface area contributed by atoms with Gasteiger partial charge in [0.1, 0.15) is 28.8 Å². The van der Waals surface area contributed by atoms with E-state index in [0.29, 0.717) is 30.9 Å². The Balaban J connectivity index is 2.00. The second-order valence-corrected chi connectivity index (χ2v) is 21.4. The van der Waals surface area contributed by atoms with Crippen molar-refractivity contribution in [2.45, 2.75) is 207 Å². The maximum Gasteiger partial charge on any atom is 0.344 e. The first kappa shape index (κ1) is 54.5. The van der Waals surface area contributed by atoms with Crippen LogP contribution >= 0.6 is 0 Å². The van der Waals surface area contributed by atoms with Crippen molar-refractivity contribution in [2.24, 2.45) is 23.7 Å². The molecule has 0 radical (unpaired) electrons. The SMILES string of the molecule is C=C(CC[C@]12O[C@H](C(=O)OC(C)(C)C)[C@H](C(=O)OC(C)(C)C)[C@](C(=O)OC(C)(C)C)(O1)[C@H](OC(=O)/C=C/[C@@H](C)C[C@@H](C)CC)[C@H]2OC1CCCCO1)[C@@H](OC(C)=O)[C@H](C)Cc1ccccc1. The van der Waals surface area contributed by atoms with Crippen LogP contribution < -0.4 is 0 Å². The van der Waals surface area contributed by atoms with Gasteiger partial charge >= 0.3 is 29.8 Å². The molecule has 66 heavy (non-hydrogen) atoms. The average Bonchev–Trinajstić information content (AvgIpc) is 3.40. The second kappa shape index (κ2) is 22.3. The molecule has 0 spiro atoms. The molecule has 3 saturated heterocycles. The molecule has 3 heterocycles. The van der Waals surface area contributed by atoms with Gasteiger partial charge in [-0.25, -0.2) is 14.4 Å². The first-order chi connectivity index (χ1) is 30.6. The molecule has 3 aliphatic heterocycles. The van der Waals surface area contributed by atoms with Crippen molar-refractivity contribution in [3.05, 3.63) is 60.2 Å². The minimum absolute atomic E-state index is 0.0126. The largest absolute Gasteiger partial charge is 0.460 e. The summed E-state index contributed by atoms with van der Waals surface area (Å²) in [5, 5.41) is 0. The Morgan fingerprint density at radius 2 is 1.48 bits per heavy atom. The van der Waals surface area contributed by atoms with Crippen molar-refractivity contribution in [1.29, 1.82) is 0 Å². The van der Waals surface area contributed by atoms with Gasteiger partial charge in [-0.15, -0.1) is 0 Å². The van der Waals surface area contributed by atoms with Gasteiger partial charge < -0.3 is 42.6 Å². The van der Waals surface area contributed by atoms with Crippen LogP contribution in [0.2, 0.25) is 0 Å². The Hall–Kier alpha value is -4.11. The van der Waals surface area contributed by atoms with Crippen LogP contribution in [0.1, 0.15) is 147 Å². The van der Waals surface area contributed by atoms with E-state index in [4.69, 9.17) is 42.6 Å². The normalized spacial score (nSPS) is 27.5. The minimum Gasteiger partial charge on any atom is -0.460 e. The van der Waals surface area contributed by atoms with Crippen LogP contribution in [0.4, 0.5) is 0 Å². The summed E-state index contributed by atoms with van der Waals surface area (Å²) in [4.78, 5) is 72.0. The molecule has 14 heteroatoms. The summed E-state index contributed by atoms with van der Waals surface area (Å²) in [5.41, 5.74) is -4.60.